The predicted molar refractivity (Wildman–Crippen MR) is 88.4 cm³/mol. The van der Waals surface area contributed by atoms with Crippen LogP contribution in [0, 0.1) is 0 Å². The Morgan fingerprint density at radius 2 is 1.95 bits per heavy atom. The first kappa shape index (κ1) is 17.0. The molecule has 0 radical (unpaired) electrons. The van der Waals surface area contributed by atoms with Crippen LogP contribution in [0.1, 0.15) is 59.6 Å². The molecule has 4 nitrogen and oxygen atoms in total. The van der Waals surface area contributed by atoms with Crippen molar-refractivity contribution in [1.29, 1.82) is 0 Å². The number of fused-ring (bicyclic) bond motifs is 1. The second kappa shape index (κ2) is 7.77. The number of nitrogens with zero attached hydrogens (tertiary/aromatic N) is 1. The largest absolute Gasteiger partial charge is 0.464 e. The average Bonchev–Trinajstić information content (AvgIpc) is 2.87. The van der Waals surface area contributed by atoms with E-state index in [0.29, 0.717) is 6.61 Å². The molecule has 122 valence electrons. The lowest BCUT2D eigenvalue weighted by Gasteiger charge is -2.22. The molecule has 1 aromatic heterocycles. The summed E-state index contributed by atoms with van der Waals surface area (Å²) in [5, 5.41) is 0. The summed E-state index contributed by atoms with van der Waals surface area (Å²) in [5.74, 6) is -0.439. The maximum Gasteiger partial charge on any atom is 0.328 e. The molecule has 1 aliphatic carbocycles. The summed E-state index contributed by atoms with van der Waals surface area (Å²) < 4.78 is 5.00. The lowest BCUT2D eigenvalue weighted by atomic mass is 10.00. The van der Waals surface area contributed by atoms with Crippen molar-refractivity contribution in [2.24, 2.45) is 0 Å². The van der Waals surface area contributed by atoms with Gasteiger partial charge in [0.05, 0.1) is 11.5 Å². The van der Waals surface area contributed by atoms with E-state index in [1.807, 2.05) is 6.07 Å². The Kier molecular flexibility index (Phi) is 6.00. The van der Waals surface area contributed by atoms with E-state index < -0.39 is 6.04 Å². The normalized spacial score (nSPS) is 16.1. The molecule has 2 rings (SSSR count). The summed E-state index contributed by atoms with van der Waals surface area (Å²) in [7, 11) is 1.67. The van der Waals surface area contributed by atoms with E-state index in [2.05, 4.69) is 0 Å². The summed E-state index contributed by atoms with van der Waals surface area (Å²) in [4.78, 5) is 28.0. The molecule has 22 heavy (non-hydrogen) atoms. The van der Waals surface area contributed by atoms with Gasteiger partial charge in [-0.1, -0.05) is 12.8 Å². The SMILES string of the molecule is CCOC(=O)[C@H](C)N(C)C(=O)c1cc2c(s1)CCCCCC2. The highest BCUT2D eigenvalue weighted by Gasteiger charge is 2.26. The molecule has 0 spiro atoms. The van der Waals surface area contributed by atoms with Gasteiger partial charge in [0.15, 0.2) is 0 Å². The molecule has 0 N–H and O–H groups in total. The van der Waals surface area contributed by atoms with E-state index in [0.717, 1.165) is 17.7 Å². The molecule has 0 aliphatic heterocycles. The van der Waals surface area contributed by atoms with Crippen LogP contribution < -0.4 is 0 Å². The van der Waals surface area contributed by atoms with Crippen LogP contribution in [-0.4, -0.2) is 36.5 Å². The number of likely N-dealkylation sites (N-methyl/N-ethyl adjacent to an activating group) is 1. The number of amides is 1. The Morgan fingerprint density at radius 1 is 1.27 bits per heavy atom. The molecule has 1 aromatic rings. The predicted octanol–water partition coefficient (Wildman–Crippen LogP) is 3.43. The number of hydrogen-bond donors (Lipinski definition) is 0. The van der Waals surface area contributed by atoms with Crippen LogP contribution in [0.2, 0.25) is 0 Å². The number of thiophene rings is 1. The highest BCUT2D eigenvalue weighted by molar-refractivity contribution is 7.14. The van der Waals surface area contributed by atoms with Gasteiger partial charge in [0.25, 0.3) is 5.91 Å². The summed E-state index contributed by atoms with van der Waals surface area (Å²) in [5.41, 5.74) is 1.32. The first-order chi connectivity index (χ1) is 10.5. The van der Waals surface area contributed by atoms with Gasteiger partial charge in [-0.15, -0.1) is 11.3 Å². The minimum Gasteiger partial charge on any atom is -0.464 e. The van der Waals surface area contributed by atoms with E-state index >= 15 is 0 Å². The molecule has 1 heterocycles. The zero-order valence-corrected chi connectivity index (χ0v) is 14.5. The zero-order valence-electron chi connectivity index (χ0n) is 13.7. The summed E-state index contributed by atoms with van der Waals surface area (Å²) in [6, 6.07) is 1.47. The van der Waals surface area contributed by atoms with Crippen molar-refractivity contribution in [3.63, 3.8) is 0 Å². The number of aryl methyl sites for hydroxylation is 2. The zero-order chi connectivity index (χ0) is 16.1. The average molecular weight is 323 g/mol. The molecule has 0 fully saturated rings. The Labute approximate surface area is 136 Å². The molecule has 0 aromatic carbocycles. The van der Waals surface area contributed by atoms with Crippen molar-refractivity contribution >= 4 is 23.2 Å². The van der Waals surface area contributed by atoms with Gasteiger partial charge in [-0.2, -0.15) is 0 Å². The van der Waals surface area contributed by atoms with Crippen LogP contribution in [0.3, 0.4) is 0 Å². The minimum absolute atomic E-state index is 0.0858. The fourth-order valence-corrected chi connectivity index (χ4v) is 3.96. The third-order valence-electron chi connectivity index (χ3n) is 4.24. The van der Waals surface area contributed by atoms with Crippen molar-refractivity contribution in [3.05, 3.63) is 21.4 Å². The van der Waals surface area contributed by atoms with Gasteiger partial charge in [-0.05, 0) is 51.2 Å². The Bertz CT molecular complexity index is 513. The topological polar surface area (TPSA) is 46.6 Å². The molecule has 0 unspecified atom stereocenters. The third-order valence-corrected chi connectivity index (χ3v) is 5.46. The summed E-state index contributed by atoms with van der Waals surface area (Å²) in [6.07, 6.45) is 7.10. The highest BCUT2D eigenvalue weighted by atomic mass is 32.1. The number of ether oxygens (including phenoxy) is 1. The van der Waals surface area contributed by atoms with Crippen molar-refractivity contribution < 1.29 is 14.3 Å². The molecular weight excluding hydrogens is 298 g/mol. The maximum absolute atomic E-state index is 12.6. The highest BCUT2D eigenvalue weighted by Crippen LogP contribution is 2.29. The monoisotopic (exact) mass is 323 g/mol. The molecule has 1 atom stereocenters. The van der Waals surface area contributed by atoms with Gasteiger partial charge in [-0.25, -0.2) is 4.79 Å². The number of esters is 1. The number of rotatable bonds is 4. The smallest absolute Gasteiger partial charge is 0.328 e. The first-order valence-electron chi connectivity index (χ1n) is 8.10. The van der Waals surface area contributed by atoms with E-state index in [1.165, 1.54) is 41.0 Å². The fraction of sp³-hybridized carbons (Fsp3) is 0.647. The van der Waals surface area contributed by atoms with Crippen molar-refractivity contribution in [1.82, 2.24) is 4.90 Å². The lowest BCUT2D eigenvalue weighted by molar-refractivity contribution is -0.147. The van der Waals surface area contributed by atoms with Gasteiger partial charge in [0.1, 0.15) is 6.04 Å². The van der Waals surface area contributed by atoms with Crippen molar-refractivity contribution in [2.45, 2.75) is 58.4 Å². The molecule has 5 heteroatoms. The van der Waals surface area contributed by atoms with Gasteiger partial charge >= 0.3 is 5.97 Å². The van der Waals surface area contributed by atoms with Crippen LogP contribution in [0.4, 0.5) is 0 Å². The quantitative estimate of drug-likeness (QED) is 0.798. The van der Waals surface area contributed by atoms with Crippen molar-refractivity contribution in [2.75, 3.05) is 13.7 Å². The van der Waals surface area contributed by atoms with Gasteiger partial charge < -0.3 is 9.64 Å². The Hall–Kier alpha value is -1.36. The number of carbonyl (C=O) groups is 2. The second-order valence-corrected chi connectivity index (χ2v) is 6.95. The fourth-order valence-electron chi connectivity index (χ4n) is 2.72. The maximum atomic E-state index is 12.6. The lowest BCUT2D eigenvalue weighted by Crippen LogP contribution is -2.41. The van der Waals surface area contributed by atoms with E-state index in [4.69, 9.17) is 4.74 Å². The van der Waals surface area contributed by atoms with E-state index in [-0.39, 0.29) is 11.9 Å². The van der Waals surface area contributed by atoms with Crippen molar-refractivity contribution in [3.8, 4) is 0 Å². The van der Waals surface area contributed by atoms with Crippen LogP contribution >= 0.6 is 11.3 Å². The minimum atomic E-state index is -0.558. The molecule has 0 bridgehead atoms. The van der Waals surface area contributed by atoms with Gasteiger partial charge in [0.2, 0.25) is 0 Å². The van der Waals surface area contributed by atoms with Crippen LogP contribution in [-0.2, 0) is 22.4 Å². The van der Waals surface area contributed by atoms with E-state index in [1.54, 1.807) is 32.2 Å². The van der Waals surface area contributed by atoms with Crippen LogP contribution in [0.15, 0.2) is 6.07 Å². The van der Waals surface area contributed by atoms with Crippen LogP contribution in [0.5, 0.6) is 0 Å². The first-order valence-corrected chi connectivity index (χ1v) is 8.91. The molecule has 0 saturated heterocycles. The summed E-state index contributed by atoms with van der Waals surface area (Å²) >= 11 is 1.59. The Morgan fingerprint density at radius 3 is 2.64 bits per heavy atom. The summed E-state index contributed by atoms with van der Waals surface area (Å²) in [6.45, 7) is 3.81. The Balaban J connectivity index is 2.11. The van der Waals surface area contributed by atoms with Gasteiger partial charge in [-0.3, -0.25) is 4.79 Å². The number of hydrogen-bond acceptors (Lipinski definition) is 4. The third kappa shape index (κ3) is 3.88. The standard InChI is InChI=1S/C17H25NO3S/c1-4-21-17(20)12(2)18(3)16(19)15-11-13-9-7-5-6-8-10-14(13)22-15/h11-12H,4-10H2,1-3H3/t12-/m0/s1. The molecule has 1 amide bonds. The van der Waals surface area contributed by atoms with E-state index in [9.17, 15) is 9.59 Å². The van der Waals surface area contributed by atoms with Crippen LogP contribution in [0.25, 0.3) is 0 Å². The molecular formula is C17H25NO3S. The molecule has 0 saturated carbocycles. The second-order valence-electron chi connectivity index (χ2n) is 5.82. The molecule has 1 aliphatic rings. The van der Waals surface area contributed by atoms with Gasteiger partial charge in [0, 0.05) is 11.9 Å². The number of carbonyl (C=O) groups excluding carboxylic acids is 2.